The number of alkyl halides is 3. The molecule has 0 fully saturated rings. The summed E-state index contributed by atoms with van der Waals surface area (Å²) in [5, 5.41) is 3.20. The van der Waals surface area contributed by atoms with Crippen molar-refractivity contribution >= 4 is 0 Å². The molecule has 0 aliphatic heterocycles. The van der Waals surface area contributed by atoms with E-state index >= 15 is 0 Å². The minimum absolute atomic E-state index is 0.0600. The molecule has 0 aromatic rings. The van der Waals surface area contributed by atoms with Gasteiger partial charge in [-0.3, -0.25) is 0 Å². The topological polar surface area (TPSA) is 15.3 Å². The highest BCUT2D eigenvalue weighted by molar-refractivity contribution is 4.68. The van der Waals surface area contributed by atoms with Gasteiger partial charge in [-0.1, -0.05) is 13.8 Å². The summed E-state index contributed by atoms with van der Waals surface area (Å²) in [6.07, 6.45) is -4.80. The number of nitrogens with one attached hydrogen (secondary N) is 1. The summed E-state index contributed by atoms with van der Waals surface area (Å²) < 4.78 is 35.9. The molecule has 5 heteroatoms. The lowest BCUT2D eigenvalue weighted by Crippen LogP contribution is -2.41. The van der Waals surface area contributed by atoms with Crippen LogP contribution in [0.5, 0.6) is 0 Å². The molecular formula is C10H21F3N2. The number of rotatable bonds is 6. The zero-order chi connectivity index (χ0) is 12.1. The summed E-state index contributed by atoms with van der Waals surface area (Å²) in [5.41, 5.74) is 0. The van der Waals surface area contributed by atoms with Gasteiger partial charge in [-0.15, -0.1) is 0 Å². The number of hydrogen-bond acceptors (Lipinski definition) is 2. The smallest absolute Gasteiger partial charge is 0.313 e. The molecular weight excluding hydrogens is 205 g/mol. The standard InChI is InChI=1S/C10H21F3N2/c1-8(2)14-7-9(3)15(4)6-5-10(11,12)13/h8-9,14H,5-7H2,1-4H3. The van der Waals surface area contributed by atoms with Gasteiger partial charge in [-0.2, -0.15) is 13.2 Å². The van der Waals surface area contributed by atoms with Gasteiger partial charge < -0.3 is 10.2 Å². The molecule has 0 saturated carbocycles. The van der Waals surface area contributed by atoms with Crippen LogP contribution < -0.4 is 5.32 Å². The van der Waals surface area contributed by atoms with E-state index in [-0.39, 0.29) is 12.6 Å². The normalized spacial score (nSPS) is 15.0. The number of likely N-dealkylation sites (N-methyl/N-ethyl adjacent to an activating group) is 1. The fourth-order valence-corrected chi connectivity index (χ4v) is 1.09. The third kappa shape index (κ3) is 8.69. The van der Waals surface area contributed by atoms with Crippen molar-refractivity contribution in [3.05, 3.63) is 0 Å². The predicted molar refractivity (Wildman–Crippen MR) is 55.9 cm³/mol. The Morgan fingerprint density at radius 3 is 2.13 bits per heavy atom. The molecule has 2 nitrogen and oxygen atoms in total. The van der Waals surface area contributed by atoms with Crippen LogP contribution in [0, 0.1) is 0 Å². The first-order valence-corrected chi connectivity index (χ1v) is 5.22. The van der Waals surface area contributed by atoms with Gasteiger partial charge in [0.05, 0.1) is 6.42 Å². The molecule has 0 heterocycles. The van der Waals surface area contributed by atoms with Crippen molar-refractivity contribution in [3.63, 3.8) is 0 Å². The lowest BCUT2D eigenvalue weighted by atomic mass is 10.2. The van der Waals surface area contributed by atoms with E-state index in [9.17, 15) is 13.2 Å². The van der Waals surface area contributed by atoms with Crippen LogP contribution in [0.25, 0.3) is 0 Å². The number of nitrogens with zero attached hydrogens (tertiary/aromatic N) is 1. The van der Waals surface area contributed by atoms with Crippen molar-refractivity contribution in [1.82, 2.24) is 10.2 Å². The second kappa shape index (κ2) is 6.33. The van der Waals surface area contributed by atoms with E-state index < -0.39 is 12.6 Å². The van der Waals surface area contributed by atoms with Crippen LogP contribution in [0.1, 0.15) is 27.2 Å². The van der Waals surface area contributed by atoms with Gasteiger partial charge in [0.1, 0.15) is 0 Å². The van der Waals surface area contributed by atoms with Crippen LogP contribution in [-0.2, 0) is 0 Å². The maximum atomic E-state index is 12.0. The summed E-state index contributed by atoms with van der Waals surface area (Å²) in [4.78, 5) is 1.73. The Morgan fingerprint density at radius 1 is 1.20 bits per heavy atom. The van der Waals surface area contributed by atoms with Gasteiger partial charge in [-0.25, -0.2) is 0 Å². The highest BCUT2D eigenvalue weighted by Crippen LogP contribution is 2.19. The van der Waals surface area contributed by atoms with Crippen LogP contribution in [0.2, 0.25) is 0 Å². The van der Waals surface area contributed by atoms with Crippen LogP contribution in [0.4, 0.5) is 13.2 Å². The van der Waals surface area contributed by atoms with Crippen molar-refractivity contribution in [2.75, 3.05) is 20.1 Å². The highest BCUT2D eigenvalue weighted by atomic mass is 19.4. The van der Waals surface area contributed by atoms with Gasteiger partial charge in [-0.05, 0) is 14.0 Å². The van der Waals surface area contributed by atoms with E-state index in [0.717, 1.165) is 0 Å². The molecule has 0 aromatic carbocycles. The van der Waals surface area contributed by atoms with Gasteiger partial charge in [0.25, 0.3) is 0 Å². The van der Waals surface area contributed by atoms with E-state index in [4.69, 9.17) is 0 Å². The largest absolute Gasteiger partial charge is 0.390 e. The Balaban J connectivity index is 3.74. The number of halogens is 3. The summed E-state index contributed by atoms with van der Waals surface area (Å²) in [6, 6.07) is 0.484. The molecule has 0 saturated heterocycles. The molecule has 0 aliphatic carbocycles. The molecule has 0 bridgehead atoms. The van der Waals surface area contributed by atoms with Gasteiger partial charge in [0.15, 0.2) is 0 Å². The summed E-state index contributed by atoms with van der Waals surface area (Å²) in [5.74, 6) is 0. The van der Waals surface area contributed by atoms with Gasteiger partial charge in [0.2, 0.25) is 0 Å². The van der Waals surface area contributed by atoms with E-state index in [2.05, 4.69) is 5.32 Å². The van der Waals surface area contributed by atoms with Crippen molar-refractivity contribution in [1.29, 1.82) is 0 Å². The molecule has 1 unspecified atom stereocenters. The Labute approximate surface area is 89.8 Å². The molecule has 0 rings (SSSR count). The average molecular weight is 226 g/mol. The SMILES string of the molecule is CC(C)NCC(C)N(C)CCC(F)(F)F. The lowest BCUT2D eigenvalue weighted by Gasteiger charge is -2.26. The van der Waals surface area contributed by atoms with Crippen molar-refractivity contribution in [2.45, 2.75) is 45.5 Å². The van der Waals surface area contributed by atoms with Crippen LogP contribution >= 0.6 is 0 Å². The minimum Gasteiger partial charge on any atom is -0.313 e. The Morgan fingerprint density at radius 2 is 1.73 bits per heavy atom. The molecule has 1 atom stereocenters. The first-order chi connectivity index (χ1) is 6.72. The summed E-state index contributed by atoms with van der Waals surface area (Å²) >= 11 is 0. The first kappa shape index (κ1) is 14.7. The Hall–Kier alpha value is -0.290. The van der Waals surface area contributed by atoms with E-state index in [0.29, 0.717) is 12.6 Å². The van der Waals surface area contributed by atoms with Gasteiger partial charge in [0, 0.05) is 25.2 Å². The van der Waals surface area contributed by atoms with Crippen LogP contribution in [0.3, 0.4) is 0 Å². The van der Waals surface area contributed by atoms with E-state index in [1.165, 1.54) is 0 Å². The molecule has 0 amide bonds. The third-order valence-corrected chi connectivity index (χ3v) is 2.32. The van der Waals surface area contributed by atoms with E-state index in [1.807, 2.05) is 20.8 Å². The van der Waals surface area contributed by atoms with Crippen molar-refractivity contribution in [3.8, 4) is 0 Å². The molecule has 92 valence electrons. The lowest BCUT2D eigenvalue weighted by molar-refractivity contribution is -0.138. The first-order valence-electron chi connectivity index (χ1n) is 5.22. The second-order valence-corrected chi connectivity index (χ2v) is 4.26. The van der Waals surface area contributed by atoms with Crippen LogP contribution in [0.15, 0.2) is 0 Å². The molecule has 15 heavy (non-hydrogen) atoms. The molecule has 0 aromatic heterocycles. The Bertz CT molecular complexity index is 169. The predicted octanol–water partition coefficient (Wildman–Crippen LogP) is 2.26. The minimum atomic E-state index is -4.06. The summed E-state index contributed by atoms with van der Waals surface area (Å²) in [7, 11) is 1.72. The molecule has 1 N–H and O–H groups in total. The van der Waals surface area contributed by atoms with E-state index in [1.54, 1.807) is 11.9 Å². The maximum absolute atomic E-state index is 12.0. The monoisotopic (exact) mass is 226 g/mol. The third-order valence-electron chi connectivity index (χ3n) is 2.32. The fraction of sp³-hybridized carbons (Fsp3) is 1.00. The molecule has 0 aliphatic rings. The zero-order valence-corrected chi connectivity index (χ0v) is 9.86. The highest BCUT2D eigenvalue weighted by Gasteiger charge is 2.27. The Kier molecular flexibility index (Phi) is 6.20. The quantitative estimate of drug-likeness (QED) is 0.747. The maximum Gasteiger partial charge on any atom is 0.390 e. The van der Waals surface area contributed by atoms with Crippen molar-refractivity contribution in [2.24, 2.45) is 0 Å². The number of hydrogen-bond donors (Lipinski definition) is 1. The van der Waals surface area contributed by atoms with Crippen LogP contribution in [-0.4, -0.2) is 43.3 Å². The van der Waals surface area contributed by atoms with Crippen molar-refractivity contribution < 1.29 is 13.2 Å². The van der Waals surface area contributed by atoms with Gasteiger partial charge >= 0.3 is 6.18 Å². The molecule has 0 radical (unpaired) electrons. The zero-order valence-electron chi connectivity index (χ0n) is 9.86. The summed E-state index contributed by atoms with van der Waals surface area (Å²) in [6.45, 7) is 6.73. The molecule has 0 spiro atoms. The average Bonchev–Trinajstić information content (AvgIpc) is 2.08. The fourth-order valence-electron chi connectivity index (χ4n) is 1.09. The second-order valence-electron chi connectivity index (χ2n) is 4.26.